The predicted molar refractivity (Wildman–Crippen MR) is 49.0 cm³/mol. The van der Waals surface area contributed by atoms with Crippen molar-refractivity contribution in [3.05, 3.63) is 0 Å². The minimum Gasteiger partial charge on any atom is -0.515 e. The van der Waals surface area contributed by atoms with E-state index in [4.69, 9.17) is 9.63 Å². The molecule has 12 heavy (non-hydrogen) atoms. The van der Waals surface area contributed by atoms with Crippen LogP contribution in [-0.2, 0) is 9.22 Å². The van der Waals surface area contributed by atoms with Crippen LogP contribution in [0.2, 0.25) is 19.6 Å². The summed E-state index contributed by atoms with van der Waals surface area (Å²) in [6, 6.07) is 0. The molecule has 0 fully saturated rings. The zero-order chi connectivity index (χ0) is 9.78. The van der Waals surface area contributed by atoms with Gasteiger partial charge in [-0.15, -0.1) is 0 Å². The van der Waals surface area contributed by atoms with Gasteiger partial charge in [-0.05, 0) is 26.1 Å². The molecular weight excluding hydrogens is 174 g/mol. The molecule has 0 aromatic heterocycles. The number of rotatable bonds is 3. The molecule has 0 aromatic carbocycles. The molecule has 0 radical (unpaired) electrons. The first-order chi connectivity index (χ1) is 5.40. The van der Waals surface area contributed by atoms with Gasteiger partial charge in [-0.2, -0.15) is 0 Å². The second kappa shape index (κ2) is 4.25. The third-order valence-corrected chi connectivity index (χ3v) is 1.89. The van der Waals surface area contributed by atoms with E-state index in [0.29, 0.717) is 6.42 Å². The standard InChI is InChI=1S/C7H15NO3Si/c1-5-6(8-10)7(9)11-12(2,3)4/h10H,5H2,1-4H3. The summed E-state index contributed by atoms with van der Waals surface area (Å²) in [5, 5.41) is 11.3. The molecule has 0 saturated carbocycles. The molecule has 0 saturated heterocycles. The van der Waals surface area contributed by atoms with Crippen molar-refractivity contribution >= 4 is 20.0 Å². The molecule has 5 heteroatoms. The summed E-state index contributed by atoms with van der Waals surface area (Å²) in [6.45, 7) is 7.43. The largest absolute Gasteiger partial charge is 0.515 e. The van der Waals surface area contributed by atoms with E-state index in [0.717, 1.165) is 0 Å². The third kappa shape index (κ3) is 4.12. The van der Waals surface area contributed by atoms with Crippen LogP contribution in [0.1, 0.15) is 13.3 Å². The summed E-state index contributed by atoms with van der Waals surface area (Å²) in [7, 11) is -1.86. The summed E-state index contributed by atoms with van der Waals surface area (Å²) in [5.41, 5.74) is 0.0809. The lowest BCUT2D eigenvalue weighted by Crippen LogP contribution is -2.32. The van der Waals surface area contributed by atoms with Gasteiger partial charge in [0.15, 0.2) is 5.71 Å². The molecule has 0 aromatic rings. The molecular formula is C7H15NO3Si. The quantitative estimate of drug-likeness (QED) is 0.317. The minimum absolute atomic E-state index is 0.0809. The van der Waals surface area contributed by atoms with Crippen molar-refractivity contribution in [3.63, 3.8) is 0 Å². The van der Waals surface area contributed by atoms with Gasteiger partial charge in [0.1, 0.15) is 0 Å². The fraction of sp³-hybridized carbons (Fsp3) is 0.714. The van der Waals surface area contributed by atoms with Crippen LogP contribution >= 0.6 is 0 Å². The molecule has 0 spiro atoms. The van der Waals surface area contributed by atoms with Crippen molar-refractivity contribution in [2.75, 3.05) is 0 Å². The fourth-order valence-electron chi connectivity index (χ4n) is 0.593. The van der Waals surface area contributed by atoms with Crippen LogP contribution in [0.5, 0.6) is 0 Å². The Bertz CT molecular complexity index is 195. The minimum atomic E-state index is -1.86. The molecule has 0 heterocycles. The van der Waals surface area contributed by atoms with E-state index in [9.17, 15) is 4.79 Å². The molecule has 0 bridgehead atoms. The smallest absolute Gasteiger partial charge is 0.342 e. The van der Waals surface area contributed by atoms with Gasteiger partial charge in [0.2, 0.25) is 8.32 Å². The van der Waals surface area contributed by atoms with E-state index in [1.807, 2.05) is 19.6 Å². The van der Waals surface area contributed by atoms with Crippen LogP contribution in [0.4, 0.5) is 0 Å². The lowest BCUT2D eigenvalue weighted by Gasteiger charge is -2.16. The average Bonchev–Trinajstić information content (AvgIpc) is 1.85. The molecule has 1 N–H and O–H groups in total. The van der Waals surface area contributed by atoms with E-state index in [-0.39, 0.29) is 5.71 Å². The van der Waals surface area contributed by atoms with Crippen LogP contribution in [0.3, 0.4) is 0 Å². The summed E-state index contributed by atoms with van der Waals surface area (Å²) in [6.07, 6.45) is 0.389. The van der Waals surface area contributed by atoms with E-state index < -0.39 is 14.3 Å². The molecule has 0 atom stereocenters. The Balaban J connectivity index is 4.23. The second-order valence-corrected chi connectivity index (χ2v) is 7.83. The maximum atomic E-state index is 11.1. The van der Waals surface area contributed by atoms with Gasteiger partial charge in [-0.1, -0.05) is 12.1 Å². The van der Waals surface area contributed by atoms with Crippen LogP contribution < -0.4 is 0 Å². The molecule has 70 valence electrons. The number of oxime groups is 1. The zero-order valence-electron chi connectivity index (χ0n) is 7.92. The van der Waals surface area contributed by atoms with Crippen LogP contribution in [0.25, 0.3) is 0 Å². The number of carbonyl (C=O) groups excluding carboxylic acids is 1. The van der Waals surface area contributed by atoms with Gasteiger partial charge in [0, 0.05) is 0 Å². The van der Waals surface area contributed by atoms with Crippen molar-refractivity contribution in [2.24, 2.45) is 5.16 Å². The molecule has 0 aliphatic carbocycles. The third-order valence-electron chi connectivity index (χ3n) is 1.09. The van der Waals surface area contributed by atoms with Gasteiger partial charge in [0.25, 0.3) is 0 Å². The first-order valence-corrected chi connectivity index (χ1v) is 7.25. The molecule has 0 aliphatic rings. The van der Waals surface area contributed by atoms with Crippen molar-refractivity contribution < 1.29 is 14.4 Å². The lowest BCUT2D eigenvalue weighted by atomic mass is 10.3. The Morgan fingerprint density at radius 1 is 1.50 bits per heavy atom. The van der Waals surface area contributed by atoms with E-state index in [1.165, 1.54) is 0 Å². The monoisotopic (exact) mass is 189 g/mol. The van der Waals surface area contributed by atoms with E-state index in [1.54, 1.807) is 6.92 Å². The summed E-state index contributed by atoms with van der Waals surface area (Å²) < 4.78 is 5.09. The Morgan fingerprint density at radius 3 is 2.25 bits per heavy atom. The number of nitrogens with zero attached hydrogens (tertiary/aromatic N) is 1. The second-order valence-electron chi connectivity index (χ2n) is 3.40. The van der Waals surface area contributed by atoms with Gasteiger partial charge >= 0.3 is 5.97 Å². The Morgan fingerprint density at radius 2 is 2.00 bits per heavy atom. The Labute approximate surface area is 73.4 Å². The maximum absolute atomic E-state index is 11.1. The van der Waals surface area contributed by atoms with Gasteiger partial charge in [0.05, 0.1) is 0 Å². The fourth-order valence-corrected chi connectivity index (χ4v) is 1.27. The van der Waals surface area contributed by atoms with Crippen molar-refractivity contribution in [3.8, 4) is 0 Å². The highest BCUT2D eigenvalue weighted by Gasteiger charge is 2.22. The van der Waals surface area contributed by atoms with Crippen molar-refractivity contribution in [2.45, 2.75) is 33.0 Å². The molecule has 0 rings (SSSR count). The Kier molecular flexibility index (Phi) is 3.95. The van der Waals surface area contributed by atoms with Gasteiger partial charge < -0.3 is 9.63 Å². The highest BCUT2D eigenvalue weighted by molar-refractivity contribution is 6.72. The highest BCUT2D eigenvalue weighted by atomic mass is 28.4. The highest BCUT2D eigenvalue weighted by Crippen LogP contribution is 2.04. The molecule has 0 unspecified atom stereocenters. The maximum Gasteiger partial charge on any atom is 0.342 e. The topological polar surface area (TPSA) is 58.9 Å². The van der Waals surface area contributed by atoms with E-state index >= 15 is 0 Å². The Hall–Kier alpha value is -0.843. The predicted octanol–water partition coefficient (Wildman–Crippen LogP) is 1.60. The van der Waals surface area contributed by atoms with Crippen LogP contribution in [0.15, 0.2) is 5.16 Å². The summed E-state index contributed by atoms with van der Waals surface area (Å²) in [4.78, 5) is 11.1. The molecule has 0 aliphatic heterocycles. The number of hydrogen-bond donors (Lipinski definition) is 1. The summed E-state index contributed by atoms with van der Waals surface area (Å²) >= 11 is 0. The van der Waals surface area contributed by atoms with Crippen LogP contribution in [-0.4, -0.2) is 25.2 Å². The number of hydrogen-bond acceptors (Lipinski definition) is 4. The summed E-state index contributed by atoms with van der Waals surface area (Å²) in [5.74, 6) is -0.501. The van der Waals surface area contributed by atoms with Crippen molar-refractivity contribution in [1.82, 2.24) is 0 Å². The lowest BCUT2D eigenvalue weighted by molar-refractivity contribution is -0.127. The van der Waals surface area contributed by atoms with Gasteiger partial charge in [-0.25, -0.2) is 4.79 Å². The van der Waals surface area contributed by atoms with E-state index in [2.05, 4.69) is 5.16 Å². The number of carbonyl (C=O) groups is 1. The molecule has 0 amide bonds. The first-order valence-electron chi connectivity index (χ1n) is 3.85. The van der Waals surface area contributed by atoms with Gasteiger partial charge in [-0.3, -0.25) is 0 Å². The van der Waals surface area contributed by atoms with Crippen LogP contribution in [0, 0.1) is 0 Å². The first kappa shape index (κ1) is 11.2. The average molecular weight is 189 g/mol. The SMILES string of the molecule is CCC(=NO)C(=O)O[Si](C)(C)C. The normalized spacial score (nSPS) is 12.8. The molecule has 4 nitrogen and oxygen atoms in total. The van der Waals surface area contributed by atoms with Crippen molar-refractivity contribution in [1.29, 1.82) is 0 Å². The zero-order valence-corrected chi connectivity index (χ0v) is 8.92.